The molecule has 0 aromatic heterocycles. The van der Waals surface area contributed by atoms with Crippen molar-refractivity contribution in [3.8, 4) is 5.75 Å². The molecule has 0 saturated carbocycles. The summed E-state index contributed by atoms with van der Waals surface area (Å²) in [4.78, 5) is 0. The number of nitrogens with two attached hydrogens (primary N) is 1. The zero-order valence-electron chi connectivity index (χ0n) is 12.4. The van der Waals surface area contributed by atoms with Crippen LogP contribution in [0.15, 0.2) is 23.4 Å². The first kappa shape index (κ1) is 16.3. The van der Waals surface area contributed by atoms with Gasteiger partial charge in [0.05, 0.1) is 19.3 Å². The van der Waals surface area contributed by atoms with Crippen molar-refractivity contribution in [2.24, 2.45) is 16.8 Å². The second-order valence-corrected chi connectivity index (χ2v) is 5.11. The van der Waals surface area contributed by atoms with Crippen LogP contribution in [0.5, 0.6) is 5.75 Å². The van der Waals surface area contributed by atoms with Crippen LogP contribution in [0.25, 0.3) is 0 Å². The van der Waals surface area contributed by atoms with E-state index in [1.165, 1.54) is 0 Å². The van der Waals surface area contributed by atoms with E-state index in [0.29, 0.717) is 23.8 Å². The van der Waals surface area contributed by atoms with Crippen molar-refractivity contribution in [2.75, 3.05) is 13.7 Å². The Kier molecular flexibility index (Phi) is 6.87. The third kappa shape index (κ3) is 5.09. The van der Waals surface area contributed by atoms with Gasteiger partial charge in [-0.3, -0.25) is 0 Å². The lowest BCUT2D eigenvalue weighted by molar-refractivity contribution is 0.115. The van der Waals surface area contributed by atoms with Crippen LogP contribution in [0.4, 0.5) is 0 Å². The zero-order chi connectivity index (χ0) is 15.0. The lowest BCUT2D eigenvalue weighted by Crippen LogP contribution is -2.15. The maximum atomic E-state index is 8.77. The second-order valence-electron chi connectivity index (χ2n) is 5.11. The minimum absolute atomic E-state index is 0.0310. The van der Waals surface area contributed by atoms with Crippen LogP contribution in [-0.2, 0) is 11.3 Å². The molecule has 0 heterocycles. The molecule has 0 aliphatic heterocycles. The van der Waals surface area contributed by atoms with Gasteiger partial charge in [0.2, 0.25) is 0 Å². The predicted molar refractivity (Wildman–Crippen MR) is 79.2 cm³/mol. The molecule has 0 amide bonds. The van der Waals surface area contributed by atoms with Gasteiger partial charge in [-0.25, -0.2) is 0 Å². The molecule has 0 radical (unpaired) electrons. The van der Waals surface area contributed by atoms with Crippen molar-refractivity contribution in [1.29, 1.82) is 0 Å². The molecule has 0 unspecified atom stereocenters. The van der Waals surface area contributed by atoms with E-state index in [1.807, 2.05) is 12.1 Å². The Morgan fingerprint density at radius 1 is 1.40 bits per heavy atom. The van der Waals surface area contributed by atoms with Crippen molar-refractivity contribution in [3.05, 3.63) is 29.3 Å². The highest BCUT2D eigenvalue weighted by atomic mass is 16.5. The van der Waals surface area contributed by atoms with Crippen LogP contribution in [-0.4, -0.2) is 24.8 Å². The molecule has 1 rings (SSSR count). The SMILES string of the molecule is COc1ccc(COCCCC(C)C)cc1C(N)=NO. The topological polar surface area (TPSA) is 77.1 Å². The molecule has 5 nitrogen and oxygen atoms in total. The fourth-order valence-corrected chi connectivity index (χ4v) is 1.88. The van der Waals surface area contributed by atoms with Crippen molar-refractivity contribution in [3.63, 3.8) is 0 Å². The molecule has 112 valence electrons. The summed E-state index contributed by atoms with van der Waals surface area (Å²) in [6, 6.07) is 5.52. The number of ether oxygens (including phenoxy) is 2. The summed E-state index contributed by atoms with van der Waals surface area (Å²) >= 11 is 0. The predicted octanol–water partition coefficient (Wildman–Crippen LogP) is 2.74. The molecular weight excluding hydrogens is 256 g/mol. The van der Waals surface area contributed by atoms with Gasteiger partial charge in [0.1, 0.15) is 5.75 Å². The Morgan fingerprint density at radius 3 is 2.75 bits per heavy atom. The number of methoxy groups -OCH3 is 1. The Balaban J connectivity index is 2.59. The minimum atomic E-state index is 0.0310. The van der Waals surface area contributed by atoms with E-state index in [1.54, 1.807) is 13.2 Å². The molecule has 0 fully saturated rings. The van der Waals surface area contributed by atoms with Gasteiger partial charge in [-0.05, 0) is 36.5 Å². The Labute approximate surface area is 120 Å². The van der Waals surface area contributed by atoms with E-state index in [2.05, 4.69) is 19.0 Å². The third-order valence-corrected chi connectivity index (χ3v) is 2.99. The number of rotatable bonds is 8. The van der Waals surface area contributed by atoms with Crippen molar-refractivity contribution < 1.29 is 14.7 Å². The molecule has 0 spiro atoms. The van der Waals surface area contributed by atoms with Crippen LogP contribution in [0.1, 0.15) is 37.8 Å². The summed E-state index contributed by atoms with van der Waals surface area (Å²) in [6.45, 7) is 5.65. The fraction of sp³-hybridized carbons (Fsp3) is 0.533. The molecule has 0 aliphatic carbocycles. The molecule has 1 aromatic rings. The quantitative estimate of drug-likeness (QED) is 0.252. The van der Waals surface area contributed by atoms with Crippen LogP contribution >= 0.6 is 0 Å². The normalized spacial score (nSPS) is 11.9. The van der Waals surface area contributed by atoms with E-state index < -0.39 is 0 Å². The van der Waals surface area contributed by atoms with E-state index in [9.17, 15) is 0 Å². The van der Waals surface area contributed by atoms with Gasteiger partial charge in [-0.15, -0.1) is 0 Å². The highest BCUT2D eigenvalue weighted by Gasteiger charge is 2.09. The zero-order valence-corrected chi connectivity index (χ0v) is 12.4. The average Bonchev–Trinajstić information content (AvgIpc) is 2.45. The lowest BCUT2D eigenvalue weighted by atomic mass is 10.1. The largest absolute Gasteiger partial charge is 0.496 e. The van der Waals surface area contributed by atoms with E-state index in [4.69, 9.17) is 20.4 Å². The summed E-state index contributed by atoms with van der Waals surface area (Å²) in [5.74, 6) is 1.30. The smallest absolute Gasteiger partial charge is 0.173 e. The Bertz CT molecular complexity index is 445. The Hall–Kier alpha value is -1.75. The van der Waals surface area contributed by atoms with Gasteiger partial charge in [0, 0.05) is 6.61 Å². The van der Waals surface area contributed by atoms with E-state index >= 15 is 0 Å². The standard InChI is InChI=1S/C15H24N2O3/c1-11(2)5-4-8-20-10-12-6-7-14(19-3)13(9-12)15(16)17-18/h6-7,9,11,18H,4-5,8,10H2,1-3H3,(H2,16,17). The molecule has 1 aromatic carbocycles. The number of nitrogens with zero attached hydrogens (tertiary/aromatic N) is 1. The van der Waals surface area contributed by atoms with Gasteiger partial charge in [0.15, 0.2) is 5.84 Å². The highest BCUT2D eigenvalue weighted by molar-refractivity contribution is 5.99. The average molecular weight is 280 g/mol. The van der Waals surface area contributed by atoms with Gasteiger partial charge in [-0.1, -0.05) is 25.1 Å². The third-order valence-electron chi connectivity index (χ3n) is 2.99. The van der Waals surface area contributed by atoms with Gasteiger partial charge < -0.3 is 20.4 Å². The minimum Gasteiger partial charge on any atom is -0.496 e. The summed E-state index contributed by atoms with van der Waals surface area (Å²) < 4.78 is 10.8. The van der Waals surface area contributed by atoms with Crippen LogP contribution in [0.3, 0.4) is 0 Å². The highest BCUT2D eigenvalue weighted by Crippen LogP contribution is 2.20. The monoisotopic (exact) mass is 280 g/mol. The molecule has 0 saturated heterocycles. The number of hydrogen-bond acceptors (Lipinski definition) is 4. The molecule has 5 heteroatoms. The van der Waals surface area contributed by atoms with E-state index in [-0.39, 0.29) is 5.84 Å². The molecule has 3 N–H and O–H groups in total. The summed E-state index contributed by atoms with van der Waals surface area (Å²) in [6.07, 6.45) is 2.22. The number of amidine groups is 1. The molecule has 0 atom stereocenters. The van der Waals surface area contributed by atoms with Crippen molar-refractivity contribution >= 4 is 5.84 Å². The maximum absolute atomic E-state index is 8.77. The number of oxime groups is 1. The summed E-state index contributed by atoms with van der Waals surface area (Å²) in [7, 11) is 1.55. The van der Waals surface area contributed by atoms with E-state index in [0.717, 1.165) is 25.0 Å². The summed E-state index contributed by atoms with van der Waals surface area (Å²) in [5.41, 5.74) is 7.17. The van der Waals surface area contributed by atoms with Gasteiger partial charge in [-0.2, -0.15) is 0 Å². The van der Waals surface area contributed by atoms with Crippen molar-refractivity contribution in [2.45, 2.75) is 33.3 Å². The molecule has 0 bridgehead atoms. The maximum Gasteiger partial charge on any atom is 0.173 e. The first-order valence-electron chi connectivity index (χ1n) is 6.81. The van der Waals surface area contributed by atoms with Gasteiger partial charge >= 0.3 is 0 Å². The van der Waals surface area contributed by atoms with Crippen LogP contribution < -0.4 is 10.5 Å². The van der Waals surface area contributed by atoms with Gasteiger partial charge in [0.25, 0.3) is 0 Å². The number of hydrogen-bond donors (Lipinski definition) is 2. The summed E-state index contributed by atoms with van der Waals surface area (Å²) in [5, 5.41) is 11.8. The van der Waals surface area contributed by atoms with Crippen LogP contribution in [0, 0.1) is 5.92 Å². The fourth-order valence-electron chi connectivity index (χ4n) is 1.88. The molecule has 0 aliphatic rings. The molecular formula is C15H24N2O3. The number of benzene rings is 1. The first-order valence-corrected chi connectivity index (χ1v) is 6.81. The van der Waals surface area contributed by atoms with Crippen molar-refractivity contribution in [1.82, 2.24) is 0 Å². The first-order chi connectivity index (χ1) is 9.58. The van der Waals surface area contributed by atoms with Crippen LogP contribution in [0.2, 0.25) is 0 Å². The lowest BCUT2D eigenvalue weighted by Gasteiger charge is -2.10. The Morgan fingerprint density at radius 2 is 2.15 bits per heavy atom. The second kappa shape index (κ2) is 8.43. The molecule has 20 heavy (non-hydrogen) atoms.